The molecule has 0 atom stereocenters. The number of benzene rings is 3. The van der Waals surface area contributed by atoms with Crippen LogP contribution in [-0.4, -0.2) is 34.2 Å². The van der Waals surface area contributed by atoms with Crippen LogP contribution in [0.25, 0.3) is 6.08 Å². The number of methoxy groups -OCH3 is 4. The molecule has 31 heavy (non-hydrogen) atoms. The summed E-state index contributed by atoms with van der Waals surface area (Å²) in [5, 5.41) is 0. The van der Waals surface area contributed by atoms with Gasteiger partial charge >= 0.3 is 0 Å². The molecule has 0 bridgehead atoms. The molecule has 6 heteroatoms. The van der Waals surface area contributed by atoms with Crippen molar-refractivity contribution >= 4 is 11.9 Å². The molecule has 0 aromatic heterocycles. The van der Waals surface area contributed by atoms with Gasteiger partial charge < -0.3 is 23.7 Å². The monoisotopic (exact) mass is 420 g/mol. The highest BCUT2D eigenvalue weighted by Crippen LogP contribution is 2.38. The van der Waals surface area contributed by atoms with Crippen molar-refractivity contribution in [1.82, 2.24) is 0 Å². The molecule has 3 aromatic rings. The zero-order valence-electron chi connectivity index (χ0n) is 17.9. The molecule has 0 aliphatic rings. The molecule has 0 unspecified atom stereocenters. The summed E-state index contributed by atoms with van der Waals surface area (Å²) in [6.07, 6.45) is 3.24. The van der Waals surface area contributed by atoms with Gasteiger partial charge in [-0.2, -0.15) is 0 Å². The summed E-state index contributed by atoms with van der Waals surface area (Å²) >= 11 is 0. The van der Waals surface area contributed by atoms with Gasteiger partial charge in [0.15, 0.2) is 17.3 Å². The molecular formula is C25H24O6. The first kappa shape index (κ1) is 21.8. The van der Waals surface area contributed by atoms with Crippen LogP contribution in [0.5, 0.6) is 34.5 Å². The average molecular weight is 420 g/mol. The van der Waals surface area contributed by atoms with Gasteiger partial charge in [0.05, 0.1) is 28.4 Å². The second-order valence-electron chi connectivity index (χ2n) is 6.46. The van der Waals surface area contributed by atoms with E-state index < -0.39 is 0 Å². The number of rotatable bonds is 9. The van der Waals surface area contributed by atoms with Crippen LogP contribution in [0.15, 0.2) is 66.7 Å². The predicted molar refractivity (Wildman–Crippen MR) is 119 cm³/mol. The number of ketones is 1. The van der Waals surface area contributed by atoms with Crippen LogP contribution in [0, 0.1) is 0 Å². The SMILES string of the molecule is COc1ccc(Oc2ccc(C=CC(=O)c3cc(OC)c(OC)c(OC)c3)cc2)cc1. The van der Waals surface area contributed by atoms with Crippen LogP contribution in [0.3, 0.4) is 0 Å². The van der Waals surface area contributed by atoms with Gasteiger partial charge in [-0.25, -0.2) is 0 Å². The molecule has 0 N–H and O–H groups in total. The zero-order valence-corrected chi connectivity index (χ0v) is 17.9. The van der Waals surface area contributed by atoms with Crippen LogP contribution in [0.2, 0.25) is 0 Å². The molecule has 3 aromatic carbocycles. The maximum atomic E-state index is 12.6. The van der Waals surface area contributed by atoms with E-state index in [-0.39, 0.29) is 5.78 Å². The quantitative estimate of drug-likeness (QED) is 0.341. The predicted octanol–water partition coefficient (Wildman–Crippen LogP) is 5.41. The number of hydrogen-bond acceptors (Lipinski definition) is 6. The first-order valence-electron chi connectivity index (χ1n) is 9.52. The van der Waals surface area contributed by atoms with Gasteiger partial charge in [-0.15, -0.1) is 0 Å². The summed E-state index contributed by atoms with van der Waals surface area (Å²) in [5.41, 5.74) is 1.30. The summed E-state index contributed by atoms with van der Waals surface area (Å²) in [6, 6.07) is 18.0. The maximum Gasteiger partial charge on any atom is 0.203 e. The Hall–Kier alpha value is -3.93. The number of hydrogen-bond donors (Lipinski definition) is 0. The first-order chi connectivity index (χ1) is 15.1. The lowest BCUT2D eigenvalue weighted by atomic mass is 10.1. The zero-order chi connectivity index (χ0) is 22.2. The van der Waals surface area contributed by atoms with Gasteiger partial charge in [-0.1, -0.05) is 18.2 Å². The molecule has 0 saturated carbocycles. The van der Waals surface area contributed by atoms with Crippen molar-refractivity contribution in [2.24, 2.45) is 0 Å². The lowest BCUT2D eigenvalue weighted by Crippen LogP contribution is -2.00. The minimum Gasteiger partial charge on any atom is -0.497 e. The van der Waals surface area contributed by atoms with Crippen molar-refractivity contribution in [3.05, 3.63) is 77.9 Å². The molecule has 0 saturated heterocycles. The molecule has 0 spiro atoms. The molecule has 0 fully saturated rings. The van der Waals surface area contributed by atoms with E-state index in [4.69, 9.17) is 23.7 Å². The van der Waals surface area contributed by atoms with Crippen LogP contribution >= 0.6 is 0 Å². The molecule has 0 amide bonds. The highest BCUT2D eigenvalue weighted by molar-refractivity contribution is 6.07. The van der Waals surface area contributed by atoms with E-state index in [1.54, 1.807) is 25.3 Å². The molecular weight excluding hydrogens is 396 g/mol. The summed E-state index contributed by atoms with van der Waals surface area (Å²) in [5.74, 6) is 3.29. The van der Waals surface area contributed by atoms with Crippen LogP contribution < -0.4 is 23.7 Å². The van der Waals surface area contributed by atoms with Gasteiger partial charge in [-0.3, -0.25) is 4.79 Å². The standard InChI is InChI=1S/C25H24O6/c1-27-19-10-12-21(13-11-19)31-20-8-5-17(6-9-20)7-14-22(26)18-15-23(28-2)25(30-4)24(16-18)29-3/h5-16H,1-4H3. The van der Waals surface area contributed by atoms with Crippen molar-refractivity contribution < 1.29 is 28.5 Å². The normalized spacial score (nSPS) is 10.6. The van der Waals surface area contributed by atoms with E-state index in [0.29, 0.717) is 34.3 Å². The first-order valence-corrected chi connectivity index (χ1v) is 9.52. The number of carbonyl (C=O) groups excluding carboxylic acids is 1. The Bertz CT molecular complexity index is 1030. The molecule has 0 heterocycles. The molecule has 160 valence electrons. The molecule has 6 nitrogen and oxygen atoms in total. The van der Waals surface area contributed by atoms with E-state index >= 15 is 0 Å². The van der Waals surface area contributed by atoms with E-state index in [1.165, 1.54) is 27.4 Å². The average Bonchev–Trinajstić information content (AvgIpc) is 2.82. The summed E-state index contributed by atoms with van der Waals surface area (Å²) in [4.78, 5) is 12.6. The van der Waals surface area contributed by atoms with Gasteiger partial charge in [-0.05, 0) is 60.2 Å². The summed E-state index contributed by atoms with van der Waals surface area (Å²) in [6.45, 7) is 0. The van der Waals surface area contributed by atoms with Crippen LogP contribution in [0.1, 0.15) is 15.9 Å². The third kappa shape index (κ3) is 5.36. The van der Waals surface area contributed by atoms with E-state index in [0.717, 1.165) is 11.3 Å². The van der Waals surface area contributed by atoms with Gasteiger partial charge in [0, 0.05) is 5.56 Å². The Morgan fingerprint density at radius 1 is 0.677 bits per heavy atom. The lowest BCUT2D eigenvalue weighted by molar-refractivity contribution is 0.104. The molecule has 0 aliphatic heterocycles. The summed E-state index contributed by atoms with van der Waals surface area (Å²) in [7, 11) is 6.16. The Labute approximate surface area is 181 Å². The fraction of sp³-hybridized carbons (Fsp3) is 0.160. The highest BCUT2D eigenvalue weighted by Gasteiger charge is 2.15. The van der Waals surface area contributed by atoms with Gasteiger partial charge in [0.25, 0.3) is 0 Å². The van der Waals surface area contributed by atoms with Gasteiger partial charge in [0.1, 0.15) is 17.2 Å². The highest BCUT2D eigenvalue weighted by atomic mass is 16.5. The number of allylic oxidation sites excluding steroid dienone is 1. The molecule has 0 aliphatic carbocycles. The Morgan fingerprint density at radius 3 is 1.68 bits per heavy atom. The van der Waals surface area contributed by atoms with Crippen LogP contribution in [0.4, 0.5) is 0 Å². The fourth-order valence-corrected chi connectivity index (χ4v) is 2.92. The minimum absolute atomic E-state index is 0.183. The second-order valence-corrected chi connectivity index (χ2v) is 6.46. The molecule has 3 rings (SSSR count). The fourth-order valence-electron chi connectivity index (χ4n) is 2.92. The van der Waals surface area contributed by atoms with E-state index in [2.05, 4.69) is 0 Å². The Morgan fingerprint density at radius 2 is 1.19 bits per heavy atom. The smallest absolute Gasteiger partial charge is 0.203 e. The topological polar surface area (TPSA) is 63.2 Å². The molecule has 0 radical (unpaired) electrons. The van der Waals surface area contributed by atoms with Crippen molar-refractivity contribution in [3.8, 4) is 34.5 Å². The number of ether oxygens (including phenoxy) is 5. The van der Waals surface area contributed by atoms with Crippen molar-refractivity contribution in [2.75, 3.05) is 28.4 Å². The van der Waals surface area contributed by atoms with Crippen LogP contribution in [-0.2, 0) is 0 Å². The second kappa shape index (κ2) is 10.2. The third-order valence-corrected chi connectivity index (χ3v) is 4.55. The van der Waals surface area contributed by atoms with Crippen molar-refractivity contribution in [2.45, 2.75) is 0 Å². The Kier molecular flexibility index (Phi) is 7.17. The van der Waals surface area contributed by atoms with Gasteiger partial charge in [0.2, 0.25) is 5.75 Å². The minimum atomic E-state index is -0.183. The van der Waals surface area contributed by atoms with E-state index in [1.807, 2.05) is 48.5 Å². The van der Waals surface area contributed by atoms with Crippen molar-refractivity contribution in [1.29, 1.82) is 0 Å². The largest absolute Gasteiger partial charge is 0.497 e. The third-order valence-electron chi connectivity index (χ3n) is 4.55. The number of carbonyl (C=O) groups is 1. The summed E-state index contributed by atoms with van der Waals surface area (Å²) < 4.78 is 26.9. The van der Waals surface area contributed by atoms with E-state index in [9.17, 15) is 4.79 Å². The Balaban J connectivity index is 1.70. The maximum absolute atomic E-state index is 12.6. The lowest BCUT2D eigenvalue weighted by Gasteiger charge is -2.13. The van der Waals surface area contributed by atoms with Crippen molar-refractivity contribution in [3.63, 3.8) is 0 Å².